The van der Waals surface area contributed by atoms with Crippen LogP contribution in [0.1, 0.15) is 65.2 Å². The van der Waals surface area contributed by atoms with Crippen molar-refractivity contribution in [1.29, 1.82) is 0 Å². The van der Waals surface area contributed by atoms with Gasteiger partial charge in [0.05, 0.1) is 5.60 Å². The van der Waals surface area contributed by atoms with E-state index in [1.807, 2.05) is 12.2 Å². The summed E-state index contributed by atoms with van der Waals surface area (Å²) < 4.78 is 0. The number of ketones is 1. The molecule has 6 atom stereocenters. The first kappa shape index (κ1) is 16.4. The lowest BCUT2D eigenvalue weighted by atomic mass is 9.44. The number of allylic oxidation sites excluding steroid dienone is 1. The predicted molar refractivity (Wildman–Crippen MR) is 95.4 cm³/mol. The maximum atomic E-state index is 11.8. The van der Waals surface area contributed by atoms with Crippen LogP contribution in [-0.2, 0) is 4.79 Å². The molecule has 0 radical (unpaired) electrons. The third-order valence-corrected chi connectivity index (χ3v) is 8.51. The van der Waals surface area contributed by atoms with Gasteiger partial charge in [-0.15, -0.1) is 5.73 Å². The highest BCUT2D eigenvalue weighted by atomic mass is 16.3. The van der Waals surface area contributed by atoms with Gasteiger partial charge in [-0.3, -0.25) is 4.79 Å². The number of hydrogen-bond donors (Lipinski definition) is 1. The Morgan fingerprint density at radius 3 is 2.71 bits per heavy atom. The number of hydrogen-bond acceptors (Lipinski definition) is 2. The Morgan fingerprint density at radius 1 is 1.17 bits per heavy atom. The van der Waals surface area contributed by atoms with Gasteiger partial charge in [-0.2, -0.15) is 0 Å². The van der Waals surface area contributed by atoms with Gasteiger partial charge in [-0.25, -0.2) is 0 Å². The van der Waals surface area contributed by atoms with Crippen molar-refractivity contribution in [2.75, 3.05) is 0 Å². The highest BCUT2D eigenvalue weighted by Crippen LogP contribution is 2.69. The first-order valence-corrected chi connectivity index (χ1v) is 9.67. The van der Waals surface area contributed by atoms with Crippen LogP contribution in [-0.4, -0.2) is 16.5 Å². The van der Waals surface area contributed by atoms with E-state index in [1.165, 1.54) is 12.0 Å². The molecule has 0 aromatic rings. The van der Waals surface area contributed by atoms with E-state index in [0.29, 0.717) is 29.0 Å². The van der Waals surface area contributed by atoms with Gasteiger partial charge in [-0.05, 0) is 80.3 Å². The van der Waals surface area contributed by atoms with Crippen LogP contribution in [0.15, 0.2) is 30.0 Å². The minimum atomic E-state index is -0.737. The average Bonchev–Trinajstić information content (AvgIpc) is 2.79. The SMILES string of the molecule is C=C=C[C@@]1(O)CC[C@H]2[C@@H]3CCC4=CC(=O)CC[C@@H]4[C@@]3(C)CC[C@@]21C. The van der Waals surface area contributed by atoms with Gasteiger partial charge < -0.3 is 5.11 Å². The van der Waals surface area contributed by atoms with Crippen LogP contribution in [0, 0.1) is 28.6 Å². The molecular weight excluding hydrogens is 296 g/mol. The molecule has 130 valence electrons. The van der Waals surface area contributed by atoms with E-state index in [-0.39, 0.29) is 5.41 Å². The normalized spacial score (nSPS) is 50.2. The number of carbonyl (C=O) groups excluding carboxylic acids is 1. The summed E-state index contributed by atoms with van der Waals surface area (Å²) in [4.78, 5) is 11.8. The monoisotopic (exact) mass is 326 g/mol. The molecule has 4 rings (SSSR count). The summed E-state index contributed by atoms with van der Waals surface area (Å²) in [5.41, 5.74) is 3.81. The van der Waals surface area contributed by atoms with Crippen LogP contribution in [0.2, 0.25) is 0 Å². The van der Waals surface area contributed by atoms with E-state index in [2.05, 4.69) is 26.2 Å². The average molecular weight is 326 g/mol. The third-order valence-electron chi connectivity index (χ3n) is 8.51. The van der Waals surface area contributed by atoms with Gasteiger partial charge in [0.25, 0.3) is 0 Å². The van der Waals surface area contributed by atoms with Crippen LogP contribution in [0.5, 0.6) is 0 Å². The summed E-state index contributed by atoms with van der Waals surface area (Å²) >= 11 is 0. The summed E-state index contributed by atoms with van der Waals surface area (Å²) in [5, 5.41) is 11.3. The molecule has 4 aliphatic rings. The first-order valence-electron chi connectivity index (χ1n) is 9.67. The molecule has 1 N–H and O–H groups in total. The molecule has 0 amide bonds. The standard InChI is InChI=1S/C22H30O2/c1-4-10-22(24)11-9-19-18-7-5-15-14-16(23)6-8-17(15)20(18,2)12-13-21(19,22)3/h10,14,17-19,24H,1,5-9,11-13H2,2-3H3/t17-,18-,19-,20+,21-,22+/m0/s1. The molecule has 0 spiro atoms. The van der Waals surface area contributed by atoms with Gasteiger partial charge in [0.15, 0.2) is 5.78 Å². The Hall–Kier alpha value is -1.11. The van der Waals surface area contributed by atoms with E-state index in [0.717, 1.165) is 44.9 Å². The molecule has 0 unspecified atom stereocenters. The van der Waals surface area contributed by atoms with Crippen molar-refractivity contribution in [2.24, 2.45) is 28.6 Å². The van der Waals surface area contributed by atoms with Crippen LogP contribution >= 0.6 is 0 Å². The van der Waals surface area contributed by atoms with Crippen molar-refractivity contribution in [3.8, 4) is 0 Å². The number of carbonyl (C=O) groups is 1. The van der Waals surface area contributed by atoms with Crippen LogP contribution in [0.25, 0.3) is 0 Å². The Bertz CT molecular complexity index is 655. The molecule has 3 saturated carbocycles. The van der Waals surface area contributed by atoms with Crippen molar-refractivity contribution in [3.05, 3.63) is 30.0 Å². The molecule has 0 aromatic heterocycles. The van der Waals surface area contributed by atoms with Gasteiger partial charge in [0.1, 0.15) is 0 Å². The van der Waals surface area contributed by atoms with Gasteiger partial charge in [0, 0.05) is 11.8 Å². The lowest BCUT2D eigenvalue weighted by Crippen LogP contribution is -2.56. The van der Waals surface area contributed by atoms with E-state index in [9.17, 15) is 9.90 Å². The Morgan fingerprint density at radius 2 is 1.96 bits per heavy atom. The van der Waals surface area contributed by atoms with E-state index in [1.54, 1.807) is 0 Å². The second-order valence-corrected chi connectivity index (χ2v) is 9.26. The van der Waals surface area contributed by atoms with Crippen molar-refractivity contribution < 1.29 is 9.90 Å². The lowest BCUT2D eigenvalue weighted by Gasteiger charge is -2.60. The van der Waals surface area contributed by atoms with Crippen molar-refractivity contribution in [3.63, 3.8) is 0 Å². The van der Waals surface area contributed by atoms with E-state index < -0.39 is 5.60 Å². The molecule has 0 aliphatic heterocycles. The zero-order valence-corrected chi connectivity index (χ0v) is 15.1. The third kappa shape index (κ3) is 1.96. The summed E-state index contributed by atoms with van der Waals surface area (Å²) in [6, 6.07) is 0. The van der Waals surface area contributed by atoms with Crippen LogP contribution < -0.4 is 0 Å². The van der Waals surface area contributed by atoms with Crippen LogP contribution in [0.4, 0.5) is 0 Å². The molecule has 2 heteroatoms. The molecule has 24 heavy (non-hydrogen) atoms. The Balaban J connectivity index is 1.71. The molecule has 0 aromatic carbocycles. The van der Waals surface area contributed by atoms with Crippen molar-refractivity contribution >= 4 is 5.78 Å². The van der Waals surface area contributed by atoms with Crippen molar-refractivity contribution in [2.45, 2.75) is 70.8 Å². The topological polar surface area (TPSA) is 37.3 Å². The summed E-state index contributed by atoms with van der Waals surface area (Å²) in [6.45, 7) is 8.49. The predicted octanol–water partition coefficient (Wildman–Crippen LogP) is 4.59. The molecule has 2 nitrogen and oxygen atoms in total. The highest BCUT2D eigenvalue weighted by molar-refractivity contribution is 5.91. The first-order chi connectivity index (χ1) is 11.3. The quantitative estimate of drug-likeness (QED) is 0.716. The summed E-state index contributed by atoms with van der Waals surface area (Å²) in [6.07, 6.45) is 12.0. The molecular formula is C22H30O2. The fourth-order valence-corrected chi connectivity index (χ4v) is 7.06. The number of aliphatic hydroxyl groups is 1. The zero-order chi connectivity index (χ0) is 17.2. The number of rotatable bonds is 1. The van der Waals surface area contributed by atoms with Gasteiger partial charge >= 0.3 is 0 Å². The second-order valence-electron chi connectivity index (χ2n) is 9.26. The van der Waals surface area contributed by atoms with Crippen LogP contribution in [0.3, 0.4) is 0 Å². The summed E-state index contributed by atoms with van der Waals surface area (Å²) in [5.74, 6) is 2.15. The fourth-order valence-electron chi connectivity index (χ4n) is 7.06. The highest BCUT2D eigenvalue weighted by Gasteiger charge is 2.64. The Labute approximate surface area is 145 Å². The molecule has 0 saturated heterocycles. The largest absolute Gasteiger partial charge is 0.385 e. The molecule has 4 aliphatic carbocycles. The zero-order valence-electron chi connectivity index (χ0n) is 15.1. The molecule has 3 fully saturated rings. The van der Waals surface area contributed by atoms with E-state index in [4.69, 9.17) is 0 Å². The number of fused-ring (bicyclic) bond motifs is 5. The lowest BCUT2D eigenvalue weighted by molar-refractivity contribution is -0.127. The van der Waals surface area contributed by atoms with Gasteiger partial charge in [-0.1, -0.05) is 26.0 Å². The Kier molecular flexibility index (Phi) is 3.54. The molecule has 0 bridgehead atoms. The minimum absolute atomic E-state index is 0.0480. The fraction of sp³-hybridized carbons (Fsp3) is 0.727. The van der Waals surface area contributed by atoms with Gasteiger partial charge in [0.2, 0.25) is 0 Å². The summed E-state index contributed by atoms with van der Waals surface area (Å²) in [7, 11) is 0. The minimum Gasteiger partial charge on any atom is -0.385 e. The maximum absolute atomic E-state index is 11.8. The smallest absolute Gasteiger partial charge is 0.155 e. The van der Waals surface area contributed by atoms with Crippen molar-refractivity contribution in [1.82, 2.24) is 0 Å². The maximum Gasteiger partial charge on any atom is 0.155 e. The van der Waals surface area contributed by atoms with E-state index >= 15 is 0 Å². The second kappa shape index (κ2) is 5.19. The molecule has 0 heterocycles.